The second-order valence-electron chi connectivity index (χ2n) is 3.17. The Bertz CT molecular complexity index is 328. The molecule has 0 amide bonds. The molecule has 1 aromatic rings. The zero-order valence-electron chi connectivity index (χ0n) is 8.32. The summed E-state index contributed by atoms with van der Waals surface area (Å²) in [7, 11) is 0. The number of aromatic hydroxyl groups is 1. The number of phenols is 1. The van der Waals surface area contributed by atoms with Crippen molar-refractivity contribution in [2.45, 2.75) is 17.9 Å². The first-order chi connectivity index (χ1) is 6.60. The van der Waals surface area contributed by atoms with Gasteiger partial charge in [-0.3, -0.25) is 0 Å². The van der Waals surface area contributed by atoms with Gasteiger partial charge >= 0.3 is 0 Å². The first-order valence-electron chi connectivity index (χ1n) is 4.34. The van der Waals surface area contributed by atoms with E-state index >= 15 is 0 Å². The molecule has 1 atom stereocenters. The van der Waals surface area contributed by atoms with Gasteiger partial charge in [0.1, 0.15) is 5.75 Å². The van der Waals surface area contributed by atoms with Crippen molar-refractivity contribution in [1.82, 2.24) is 0 Å². The maximum absolute atomic E-state index is 9.61. The smallest absolute Gasteiger partial charge is 0.120 e. The quantitative estimate of drug-likeness (QED) is 0.664. The highest BCUT2D eigenvalue weighted by atomic mass is 32.2. The normalized spacial score (nSPS) is 12.9. The van der Waals surface area contributed by atoms with Gasteiger partial charge in [-0.2, -0.15) is 0 Å². The summed E-state index contributed by atoms with van der Waals surface area (Å²) in [5.74, 6) is 0.154. The minimum absolute atomic E-state index is 0.154. The molecule has 78 valence electrons. The predicted molar refractivity (Wildman–Crippen MR) is 58.6 cm³/mol. The summed E-state index contributed by atoms with van der Waals surface area (Å²) in [6.45, 7) is 1.77. The van der Waals surface area contributed by atoms with Crippen LogP contribution in [0.2, 0.25) is 0 Å². The Morgan fingerprint density at radius 1 is 1.50 bits per heavy atom. The Kier molecular flexibility index (Phi) is 3.80. The van der Waals surface area contributed by atoms with Crippen molar-refractivity contribution >= 4 is 11.8 Å². The summed E-state index contributed by atoms with van der Waals surface area (Å²) < 4.78 is 0. The van der Waals surface area contributed by atoms with E-state index in [1.54, 1.807) is 17.8 Å². The van der Waals surface area contributed by atoms with Crippen molar-refractivity contribution in [1.29, 1.82) is 0 Å². The molecule has 4 heteroatoms. The number of thioether (sulfide) groups is 1. The van der Waals surface area contributed by atoms with Crippen LogP contribution in [0.15, 0.2) is 17.0 Å². The van der Waals surface area contributed by atoms with Gasteiger partial charge in [0.05, 0.1) is 12.6 Å². The van der Waals surface area contributed by atoms with Crippen molar-refractivity contribution < 1.29 is 10.2 Å². The minimum atomic E-state index is -0.513. The molecule has 1 aromatic carbocycles. The predicted octanol–water partition coefficient (Wildman–Crippen LogP) is 1.41. The van der Waals surface area contributed by atoms with E-state index in [0.29, 0.717) is 5.56 Å². The standard InChI is InChI=1S/C10H15NO2S/c1-6-3-9(13)7(8(11)5-12)4-10(6)14-2/h3-4,8,12-13H,5,11H2,1-2H3/t8-/m1/s1. The van der Waals surface area contributed by atoms with Crippen LogP contribution in [0.25, 0.3) is 0 Å². The van der Waals surface area contributed by atoms with E-state index in [0.717, 1.165) is 10.5 Å². The van der Waals surface area contributed by atoms with Crippen molar-refractivity contribution in [3.05, 3.63) is 23.3 Å². The van der Waals surface area contributed by atoms with Gasteiger partial charge in [-0.15, -0.1) is 11.8 Å². The molecule has 0 heterocycles. The summed E-state index contributed by atoms with van der Waals surface area (Å²) in [4.78, 5) is 1.07. The molecular formula is C10H15NO2S. The summed E-state index contributed by atoms with van der Waals surface area (Å²) in [6, 6.07) is 2.99. The number of rotatable bonds is 3. The molecule has 4 N–H and O–H groups in total. The highest BCUT2D eigenvalue weighted by molar-refractivity contribution is 7.98. The highest BCUT2D eigenvalue weighted by Crippen LogP contribution is 2.30. The van der Waals surface area contributed by atoms with Crippen molar-refractivity contribution in [3.63, 3.8) is 0 Å². The first kappa shape index (κ1) is 11.4. The number of hydrogen-bond acceptors (Lipinski definition) is 4. The number of aliphatic hydroxyl groups is 1. The number of benzene rings is 1. The van der Waals surface area contributed by atoms with E-state index in [1.165, 1.54) is 0 Å². The molecule has 0 aliphatic carbocycles. The molecule has 0 spiro atoms. The number of aryl methyl sites for hydroxylation is 1. The van der Waals surface area contributed by atoms with Gasteiger partial charge in [0.2, 0.25) is 0 Å². The Morgan fingerprint density at radius 2 is 2.14 bits per heavy atom. The highest BCUT2D eigenvalue weighted by Gasteiger charge is 2.12. The molecule has 0 fully saturated rings. The molecule has 0 radical (unpaired) electrons. The van der Waals surface area contributed by atoms with Gasteiger partial charge < -0.3 is 15.9 Å². The Balaban J connectivity index is 3.17. The summed E-state index contributed by atoms with van der Waals surface area (Å²) >= 11 is 1.60. The lowest BCUT2D eigenvalue weighted by Gasteiger charge is -2.13. The molecule has 0 aromatic heterocycles. The number of hydrogen-bond donors (Lipinski definition) is 3. The minimum Gasteiger partial charge on any atom is -0.508 e. The summed E-state index contributed by atoms with van der Waals surface area (Å²) in [6.07, 6.45) is 1.97. The molecule has 14 heavy (non-hydrogen) atoms. The van der Waals surface area contributed by atoms with Gasteiger partial charge in [0.25, 0.3) is 0 Å². The van der Waals surface area contributed by atoms with E-state index in [-0.39, 0.29) is 12.4 Å². The molecule has 0 unspecified atom stereocenters. The number of aliphatic hydroxyl groups excluding tert-OH is 1. The molecule has 3 nitrogen and oxygen atoms in total. The van der Waals surface area contributed by atoms with E-state index in [1.807, 2.05) is 19.2 Å². The van der Waals surface area contributed by atoms with Crippen LogP contribution >= 0.6 is 11.8 Å². The third-order valence-corrected chi connectivity index (χ3v) is 3.02. The van der Waals surface area contributed by atoms with E-state index < -0.39 is 6.04 Å². The van der Waals surface area contributed by atoms with Crippen LogP contribution in [0.4, 0.5) is 0 Å². The van der Waals surface area contributed by atoms with Crippen molar-refractivity contribution in [3.8, 4) is 5.75 Å². The first-order valence-corrected chi connectivity index (χ1v) is 5.56. The lowest BCUT2D eigenvalue weighted by atomic mass is 10.1. The van der Waals surface area contributed by atoms with Gasteiger partial charge in [-0.05, 0) is 30.9 Å². The van der Waals surface area contributed by atoms with Gasteiger partial charge in [0, 0.05) is 10.5 Å². The lowest BCUT2D eigenvalue weighted by molar-refractivity contribution is 0.265. The molecule has 0 aliphatic heterocycles. The summed E-state index contributed by atoms with van der Waals surface area (Å²) in [5.41, 5.74) is 7.27. The Labute approximate surface area is 87.9 Å². The third kappa shape index (κ3) is 2.20. The SMILES string of the molecule is CSc1cc([C@H](N)CO)c(O)cc1C. The maximum Gasteiger partial charge on any atom is 0.120 e. The second kappa shape index (κ2) is 4.68. The fraction of sp³-hybridized carbons (Fsp3) is 0.400. The van der Waals surface area contributed by atoms with Crippen LogP contribution in [-0.2, 0) is 0 Å². The van der Waals surface area contributed by atoms with Crippen LogP contribution in [0.1, 0.15) is 17.2 Å². The average Bonchev–Trinajstić information content (AvgIpc) is 2.17. The van der Waals surface area contributed by atoms with Gasteiger partial charge in [-0.25, -0.2) is 0 Å². The van der Waals surface area contributed by atoms with E-state index in [2.05, 4.69) is 0 Å². The maximum atomic E-state index is 9.61. The second-order valence-corrected chi connectivity index (χ2v) is 4.02. The van der Waals surface area contributed by atoms with Crippen LogP contribution < -0.4 is 5.73 Å². The van der Waals surface area contributed by atoms with Crippen LogP contribution in [0.3, 0.4) is 0 Å². The molecule has 1 rings (SSSR count). The van der Waals surface area contributed by atoms with Crippen LogP contribution in [0.5, 0.6) is 5.75 Å². The molecular weight excluding hydrogens is 198 g/mol. The lowest BCUT2D eigenvalue weighted by Crippen LogP contribution is -2.14. The number of nitrogens with two attached hydrogens (primary N) is 1. The average molecular weight is 213 g/mol. The summed E-state index contributed by atoms with van der Waals surface area (Å²) in [5, 5.41) is 18.5. The van der Waals surface area contributed by atoms with Crippen molar-refractivity contribution in [2.75, 3.05) is 12.9 Å². The Morgan fingerprint density at radius 3 is 2.64 bits per heavy atom. The van der Waals surface area contributed by atoms with Gasteiger partial charge in [0.15, 0.2) is 0 Å². The monoisotopic (exact) mass is 213 g/mol. The van der Waals surface area contributed by atoms with Crippen LogP contribution in [-0.4, -0.2) is 23.1 Å². The molecule has 0 aliphatic rings. The van der Waals surface area contributed by atoms with E-state index in [4.69, 9.17) is 10.8 Å². The third-order valence-electron chi connectivity index (χ3n) is 2.14. The van der Waals surface area contributed by atoms with Gasteiger partial charge in [-0.1, -0.05) is 0 Å². The Hall–Kier alpha value is -0.710. The topological polar surface area (TPSA) is 66.5 Å². The van der Waals surface area contributed by atoms with E-state index in [9.17, 15) is 5.11 Å². The van der Waals surface area contributed by atoms with Crippen LogP contribution in [0, 0.1) is 6.92 Å². The largest absolute Gasteiger partial charge is 0.508 e. The fourth-order valence-corrected chi connectivity index (χ4v) is 1.93. The van der Waals surface area contributed by atoms with Crippen molar-refractivity contribution in [2.24, 2.45) is 5.73 Å². The molecule has 0 saturated carbocycles. The number of phenolic OH excluding ortho intramolecular Hbond substituents is 1. The zero-order valence-corrected chi connectivity index (χ0v) is 9.14. The zero-order chi connectivity index (χ0) is 10.7. The molecule has 0 saturated heterocycles. The fourth-order valence-electron chi connectivity index (χ4n) is 1.30. The molecule has 0 bridgehead atoms.